The third-order valence-corrected chi connectivity index (χ3v) is 3.86. The third kappa shape index (κ3) is 2.34. The maximum atomic E-state index is 6.25. The Morgan fingerprint density at radius 1 is 1.19 bits per heavy atom. The summed E-state index contributed by atoms with van der Waals surface area (Å²) >= 11 is 1.77. The molecule has 1 atom stereocenters. The minimum atomic E-state index is 0.118. The molecule has 0 saturated heterocycles. The SMILES string of the molecule is Cc1ccccc1CC(N)c1ccsc1C. The highest BCUT2D eigenvalue weighted by Gasteiger charge is 2.11. The van der Waals surface area contributed by atoms with Crippen LogP contribution in [0.15, 0.2) is 35.7 Å². The van der Waals surface area contributed by atoms with Crippen LogP contribution in [0, 0.1) is 13.8 Å². The van der Waals surface area contributed by atoms with E-state index in [4.69, 9.17) is 5.73 Å². The molecule has 1 nitrogen and oxygen atoms in total. The van der Waals surface area contributed by atoms with Gasteiger partial charge in [-0.05, 0) is 48.4 Å². The fraction of sp³-hybridized carbons (Fsp3) is 0.286. The second-order valence-electron chi connectivity index (χ2n) is 4.17. The van der Waals surface area contributed by atoms with Crippen LogP contribution in [0.2, 0.25) is 0 Å². The first-order valence-corrected chi connectivity index (χ1v) is 6.40. The molecule has 1 aromatic heterocycles. The monoisotopic (exact) mass is 231 g/mol. The summed E-state index contributed by atoms with van der Waals surface area (Å²) in [5.74, 6) is 0. The second kappa shape index (κ2) is 4.81. The molecular formula is C14H17NS. The van der Waals surface area contributed by atoms with Gasteiger partial charge in [-0.2, -0.15) is 0 Å². The van der Waals surface area contributed by atoms with Crippen molar-refractivity contribution < 1.29 is 0 Å². The molecule has 2 rings (SSSR count). The molecule has 0 radical (unpaired) electrons. The average Bonchev–Trinajstić information content (AvgIpc) is 2.68. The zero-order valence-electron chi connectivity index (χ0n) is 9.73. The first-order chi connectivity index (χ1) is 7.68. The van der Waals surface area contributed by atoms with Crippen molar-refractivity contribution in [2.24, 2.45) is 5.73 Å². The van der Waals surface area contributed by atoms with E-state index in [1.165, 1.54) is 21.6 Å². The van der Waals surface area contributed by atoms with E-state index in [9.17, 15) is 0 Å². The Hall–Kier alpha value is -1.12. The number of thiophene rings is 1. The van der Waals surface area contributed by atoms with Crippen molar-refractivity contribution in [1.29, 1.82) is 0 Å². The lowest BCUT2D eigenvalue weighted by Gasteiger charge is -2.13. The van der Waals surface area contributed by atoms with Gasteiger partial charge in [0.15, 0.2) is 0 Å². The van der Waals surface area contributed by atoms with Crippen molar-refractivity contribution in [2.75, 3.05) is 0 Å². The van der Waals surface area contributed by atoms with Crippen LogP contribution >= 0.6 is 11.3 Å². The maximum absolute atomic E-state index is 6.25. The van der Waals surface area contributed by atoms with Gasteiger partial charge in [-0.1, -0.05) is 24.3 Å². The van der Waals surface area contributed by atoms with E-state index in [-0.39, 0.29) is 6.04 Å². The fourth-order valence-corrected chi connectivity index (χ4v) is 2.74. The molecule has 0 aliphatic carbocycles. The Bertz CT molecular complexity index is 473. The summed E-state index contributed by atoms with van der Waals surface area (Å²) in [5.41, 5.74) is 10.2. The predicted molar refractivity (Wildman–Crippen MR) is 70.9 cm³/mol. The normalized spacial score (nSPS) is 12.7. The molecule has 0 spiro atoms. The number of hydrogen-bond donors (Lipinski definition) is 1. The third-order valence-electron chi connectivity index (χ3n) is 3.00. The van der Waals surface area contributed by atoms with Crippen molar-refractivity contribution in [1.82, 2.24) is 0 Å². The fourth-order valence-electron chi connectivity index (χ4n) is 1.97. The number of rotatable bonds is 3. The predicted octanol–water partition coefficient (Wildman–Crippen LogP) is 3.61. The summed E-state index contributed by atoms with van der Waals surface area (Å²) in [6.45, 7) is 4.28. The molecule has 0 bridgehead atoms. The van der Waals surface area contributed by atoms with Crippen LogP contribution < -0.4 is 5.73 Å². The lowest BCUT2D eigenvalue weighted by molar-refractivity contribution is 0.718. The Morgan fingerprint density at radius 3 is 2.56 bits per heavy atom. The minimum absolute atomic E-state index is 0.118. The Morgan fingerprint density at radius 2 is 1.94 bits per heavy atom. The molecule has 16 heavy (non-hydrogen) atoms. The van der Waals surface area contributed by atoms with Crippen LogP contribution in [-0.4, -0.2) is 0 Å². The Labute approximate surface area is 101 Å². The van der Waals surface area contributed by atoms with Gasteiger partial charge in [0.05, 0.1) is 0 Å². The number of nitrogens with two attached hydrogens (primary N) is 1. The van der Waals surface area contributed by atoms with E-state index >= 15 is 0 Å². The van der Waals surface area contributed by atoms with E-state index in [1.807, 2.05) is 0 Å². The van der Waals surface area contributed by atoms with E-state index in [0.717, 1.165) is 6.42 Å². The molecule has 0 amide bonds. The largest absolute Gasteiger partial charge is 0.324 e. The Balaban J connectivity index is 2.17. The van der Waals surface area contributed by atoms with Gasteiger partial charge in [0.25, 0.3) is 0 Å². The van der Waals surface area contributed by atoms with Crippen LogP contribution in [0.25, 0.3) is 0 Å². The molecule has 2 aromatic rings. The Kier molecular flexibility index (Phi) is 3.42. The van der Waals surface area contributed by atoms with Crippen molar-refractivity contribution in [3.8, 4) is 0 Å². The summed E-state index contributed by atoms with van der Waals surface area (Å²) in [4.78, 5) is 1.33. The molecule has 0 aliphatic heterocycles. The molecule has 1 aromatic carbocycles. The number of aryl methyl sites for hydroxylation is 2. The highest BCUT2D eigenvalue weighted by atomic mass is 32.1. The molecule has 1 heterocycles. The first kappa shape index (κ1) is 11.4. The van der Waals surface area contributed by atoms with Gasteiger partial charge in [-0.25, -0.2) is 0 Å². The maximum Gasteiger partial charge on any atom is 0.0346 e. The molecule has 0 saturated carbocycles. The highest BCUT2D eigenvalue weighted by Crippen LogP contribution is 2.24. The smallest absolute Gasteiger partial charge is 0.0346 e. The zero-order valence-corrected chi connectivity index (χ0v) is 10.6. The number of benzene rings is 1. The quantitative estimate of drug-likeness (QED) is 0.858. The summed E-state index contributed by atoms with van der Waals surface area (Å²) in [6, 6.07) is 10.7. The van der Waals surface area contributed by atoms with Crippen LogP contribution in [0.4, 0.5) is 0 Å². The zero-order chi connectivity index (χ0) is 11.5. The number of hydrogen-bond acceptors (Lipinski definition) is 2. The minimum Gasteiger partial charge on any atom is -0.324 e. The van der Waals surface area contributed by atoms with Gasteiger partial charge in [-0.15, -0.1) is 11.3 Å². The van der Waals surface area contributed by atoms with E-state index in [2.05, 4.69) is 49.6 Å². The molecule has 84 valence electrons. The van der Waals surface area contributed by atoms with Gasteiger partial charge >= 0.3 is 0 Å². The molecule has 2 heteroatoms. The standard InChI is InChI=1S/C14H17NS/c1-10-5-3-4-6-12(10)9-14(15)13-7-8-16-11(13)2/h3-8,14H,9,15H2,1-2H3. The van der Waals surface area contributed by atoms with Gasteiger partial charge in [0.2, 0.25) is 0 Å². The van der Waals surface area contributed by atoms with Crippen LogP contribution in [0.5, 0.6) is 0 Å². The van der Waals surface area contributed by atoms with Gasteiger partial charge in [-0.3, -0.25) is 0 Å². The van der Waals surface area contributed by atoms with Crippen molar-refractivity contribution in [2.45, 2.75) is 26.3 Å². The van der Waals surface area contributed by atoms with E-state index in [1.54, 1.807) is 11.3 Å². The van der Waals surface area contributed by atoms with Crippen LogP contribution in [0.3, 0.4) is 0 Å². The highest BCUT2D eigenvalue weighted by molar-refractivity contribution is 7.10. The van der Waals surface area contributed by atoms with Crippen LogP contribution in [-0.2, 0) is 6.42 Å². The van der Waals surface area contributed by atoms with Gasteiger partial charge in [0.1, 0.15) is 0 Å². The topological polar surface area (TPSA) is 26.0 Å². The summed E-state index contributed by atoms with van der Waals surface area (Å²) in [7, 11) is 0. The molecular weight excluding hydrogens is 214 g/mol. The second-order valence-corrected chi connectivity index (χ2v) is 5.29. The van der Waals surface area contributed by atoms with Gasteiger partial charge in [0, 0.05) is 10.9 Å². The molecule has 0 fully saturated rings. The summed E-state index contributed by atoms with van der Waals surface area (Å²) < 4.78 is 0. The van der Waals surface area contributed by atoms with E-state index < -0.39 is 0 Å². The lowest BCUT2D eigenvalue weighted by Crippen LogP contribution is -2.14. The molecule has 2 N–H and O–H groups in total. The van der Waals surface area contributed by atoms with Crippen LogP contribution in [0.1, 0.15) is 27.6 Å². The molecule has 0 aliphatic rings. The molecule has 1 unspecified atom stereocenters. The van der Waals surface area contributed by atoms with Crippen molar-refractivity contribution >= 4 is 11.3 Å². The average molecular weight is 231 g/mol. The summed E-state index contributed by atoms with van der Waals surface area (Å²) in [6.07, 6.45) is 0.921. The van der Waals surface area contributed by atoms with Crippen molar-refractivity contribution in [3.05, 3.63) is 57.3 Å². The van der Waals surface area contributed by atoms with Gasteiger partial charge < -0.3 is 5.73 Å². The van der Waals surface area contributed by atoms with Crippen molar-refractivity contribution in [3.63, 3.8) is 0 Å². The first-order valence-electron chi connectivity index (χ1n) is 5.52. The summed E-state index contributed by atoms with van der Waals surface area (Å²) in [5, 5.41) is 2.11. The lowest BCUT2D eigenvalue weighted by atomic mass is 9.97. The van der Waals surface area contributed by atoms with E-state index in [0.29, 0.717) is 0 Å².